The Morgan fingerprint density at radius 1 is 1.17 bits per heavy atom. The van der Waals surface area contributed by atoms with Crippen molar-refractivity contribution in [3.05, 3.63) is 56.6 Å². The van der Waals surface area contributed by atoms with E-state index >= 15 is 0 Å². The molecule has 0 radical (unpaired) electrons. The summed E-state index contributed by atoms with van der Waals surface area (Å²) in [6.07, 6.45) is -0.500. The molecule has 3 rings (SSSR count). The lowest BCUT2D eigenvalue weighted by molar-refractivity contribution is 0.225. The van der Waals surface area contributed by atoms with Crippen molar-refractivity contribution in [3.8, 4) is 0 Å². The highest BCUT2D eigenvalue weighted by molar-refractivity contribution is 7.17. The molecule has 0 saturated carbocycles. The largest absolute Gasteiger partial charge is 0.383 e. The maximum absolute atomic E-state index is 10.6. The highest BCUT2D eigenvalue weighted by Crippen LogP contribution is 2.37. The molecule has 0 bridgehead atoms. The zero-order valence-electron chi connectivity index (χ0n) is 10.3. The molecule has 0 aliphatic heterocycles. The molecule has 0 aliphatic carbocycles. The molecular weight excluding hydrogens is 260 g/mol. The number of aliphatic hydroxyl groups is 1. The molecule has 3 heteroatoms. The van der Waals surface area contributed by atoms with Gasteiger partial charge in [0.15, 0.2) is 0 Å². The second-order valence-corrected chi connectivity index (χ2v) is 6.69. The summed E-state index contributed by atoms with van der Waals surface area (Å²) >= 11 is 3.38. The fourth-order valence-electron chi connectivity index (χ4n) is 2.28. The number of hydrogen-bond acceptors (Lipinski definition) is 3. The number of thiophene rings is 2. The van der Waals surface area contributed by atoms with Crippen LogP contribution in [0.15, 0.2) is 35.7 Å². The van der Waals surface area contributed by atoms with E-state index in [1.165, 1.54) is 20.5 Å². The summed E-state index contributed by atoms with van der Waals surface area (Å²) in [5.41, 5.74) is 2.21. The Hall–Kier alpha value is -1.16. The Labute approximate surface area is 114 Å². The lowest BCUT2D eigenvalue weighted by atomic mass is 10.0. The number of aryl methyl sites for hydroxylation is 2. The van der Waals surface area contributed by atoms with Crippen molar-refractivity contribution in [1.29, 1.82) is 0 Å². The molecule has 1 atom stereocenters. The molecule has 2 aromatic heterocycles. The molecule has 18 heavy (non-hydrogen) atoms. The third-order valence-electron chi connectivity index (χ3n) is 3.13. The van der Waals surface area contributed by atoms with Gasteiger partial charge in [0.1, 0.15) is 6.10 Å². The minimum atomic E-state index is -0.500. The van der Waals surface area contributed by atoms with Crippen LogP contribution in [0.5, 0.6) is 0 Å². The highest BCUT2D eigenvalue weighted by atomic mass is 32.1. The van der Waals surface area contributed by atoms with Crippen molar-refractivity contribution < 1.29 is 5.11 Å². The monoisotopic (exact) mass is 274 g/mol. The Kier molecular flexibility index (Phi) is 2.98. The smallest absolute Gasteiger partial charge is 0.115 e. The summed E-state index contributed by atoms with van der Waals surface area (Å²) in [6.45, 7) is 4.15. The van der Waals surface area contributed by atoms with Gasteiger partial charge in [0, 0.05) is 20.0 Å². The van der Waals surface area contributed by atoms with E-state index in [1.54, 1.807) is 22.7 Å². The van der Waals surface area contributed by atoms with Gasteiger partial charge in [-0.15, -0.1) is 22.7 Å². The van der Waals surface area contributed by atoms with Crippen LogP contribution in [0, 0.1) is 13.8 Å². The number of aliphatic hydroxyl groups excluding tert-OH is 1. The Bertz CT molecular complexity index is 693. The van der Waals surface area contributed by atoms with Gasteiger partial charge in [-0.1, -0.05) is 18.2 Å². The second kappa shape index (κ2) is 4.50. The van der Waals surface area contributed by atoms with Crippen molar-refractivity contribution in [3.63, 3.8) is 0 Å². The van der Waals surface area contributed by atoms with Crippen LogP contribution >= 0.6 is 22.7 Å². The summed E-state index contributed by atoms with van der Waals surface area (Å²) in [4.78, 5) is 2.32. The molecule has 0 fully saturated rings. The zero-order valence-corrected chi connectivity index (χ0v) is 11.9. The van der Waals surface area contributed by atoms with Crippen LogP contribution in [0.1, 0.15) is 27.0 Å². The molecular formula is C15H14OS2. The van der Waals surface area contributed by atoms with Crippen LogP contribution in [0.25, 0.3) is 10.1 Å². The quantitative estimate of drug-likeness (QED) is 0.720. The molecule has 1 nitrogen and oxygen atoms in total. The van der Waals surface area contributed by atoms with Crippen LogP contribution in [0.3, 0.4) is 0 Å². The normalized spacial score (nSPS) is 13.1. The Morgan fingerprint density at radius 3 is 2.67 bits per heavy atom. The van der Waals surface area contributed by atoms with E-state index in [9.17, 15) is 5.11 Å². The number of hydrogen-bond donors (Lipinski definition) is 1. The minimum absolute atomic E-state index is 0.500. The van der Waals surface area contributed by atoms with Gasteiger partial charge in [-0.3, -0.25) is 0 Å². The fourth-order valence-corrected chi connectivity index (χ4v) is 4.30. The van der Waals surface area contributed by atoms with E-state index in [2.05, 4.69) is 37.4 Å². The lowest BCUT2D eigenvalue weighted by Crippen LogP contribution is -1.97. The number of benzene rings is 1. The molecule has 0 amide bonds. The molecule has 0 saturated heterocycles. The van der Waals surface area contributed by atoms with E-state index in [0.29, 0.717) is 0 Å². The molecule has 0 spiro atoms. The fraction of sp³-hybridized carbons (Fsp3) is 0.200. The first kappa shape index (κ1) is 11.9. The van der Waals surface area contributed by atoms with Crippen LogP contribution in [-0.4, -0.2) is 5.11 Å². The third kappa shape index (κ3) is 1.88. The highest BCUT2D eigenvalue weighted by Gasteiger charge is 2.18. The van der Waals surface area contributed by atoms with E-state index in [4.69, 9.17) is 0 Å². The zero-order chi connectivity index (χ0) is 12.7. The molecule has 92 valence electrons. The van der Waals surface area contributed by atoms with Crippen LogP contribution in [-0.2, 0) is 0 Å². The lowest BCUT2D eigenvalue weighted by Gasteiger charge is -2.09. The average Bonchev–Trinajstić information content (AvgIpc) is 2.92. The SMILES string of the molecule is Cc1cc(C)c(C(O)c2csc3ccccc23)s1. The van der Waals surface area contributed by atoms with Crippen molar-refractivity contribution in [2.45, 2.75) is 20.0 Å². The summed E-state index contributed by atoms with van der Waals surface area (Å²) in [5.74, 6) is 0. The van der Waals surface area contributed by atoms with Gasteiger partial charge in [-0.25, -0.2) is 0 Å². The van der Waals surface area contributed by atoms with Crippen molar-refractivity contribution in [1.82, 2.24) is 0 Å². The number of rotatable bonds is 2. The molecule has 1 unspecified atom stereocenters. The van der Waals surface area contributed by atoms with Crippen LogP contribution < -0.4 is 0 Å². The molecule has 0 aliphatic rings. The van der Waals surface area contributed by atoms with E-state index in [1.807, 2.05) is 12.1 Å². The summed E-state index contributed by atoms with van der Waals surface area (Å²) < 4.78 is 1.23. The number of fused-ring (bicyclic) bond motifs is 1. The third-order valence-corrected chi connectivity index (χ3v) is 5.32. The van der Waals surface area contributed by atoms with E-state index < -0.39 is 6.10 Å². The maximum atomic E-state index is 10.6. The molecule has 1 aromatic carbocycles. The van der Waals surface area contributed by atoms with E-state index in [0.717, 1.165) is 10.4 Å². The molecule has 3 aromatic rings. The topological polar surface area (TPSA) is 20.2 Å². The van der Waals surface area contributed by atoms with E-state index in [-0.39, 0.29) is 0 Å². The summed E-state index contributed by atoms with van der Waals surface area (Å²) in [5, 5.41) is 13.8. The van der Waals surface area contributed by atoms with Gasteiger partial charge in [0.05, 0.1) is 0 Å². The first-order chi connectivity index (χ1) is 8.66. The molecule has 2 heterocycles. The minimum Gasteiger partial charge on any atom is -0.383 e. The van der Waals surface area contributed by atoms with Gasteiger partial charge in [-0.05, 0) is 42.3 Å². The maximum Gasteiger partial charge on any atom is 0.115 e. The van der Waals surface area contributed by atoms with Crippen molar-refractivity contribution in [2.24, 2.45) is 0 Å². The van der Waals surface area contributed by atoms with Gasteiger partial charge in [-0.2, -0.15) is 0 Å². The predicted octanol–water partition coefficient (Wildman–Crippen LogP) is 4.66. The van der Waals surface area contributed by atoms with Gasteiger partial charge in [0.25, 0.3) is 0 Å². The Morgan fingerprint density at radius 2 is 1.94 bits per heavy atom. The van der Waals surface area contributed by atoms with Gasteiger partial charge >= 0.3 is 0 Å². The summed E-state index contributed by atoms with van der Waals surface area (Å²) in [7, 11) is 0. The van der Waals surface area contributed by atoms with Gasteiger partial charge in [0.2, 0.25) is 0 Å². The summed E-state index contributed by atoms with van der Waals surface area (Å²) in [6, 6.07) is 10.4. The van der Waals surface area contributed by atoms with Crippen LogP contribution in [0.4, 0.5) is 0 Å². The second-order valence-electron chi connectivity index (χ2n) is 4.49. The van der Waals surface area contributed by atoms with Crippen molar-refractivity contribution in [2.75, 3.05) is 0 Å². The average molecular weight is 274 g/mol. The van der Waals surface area contributed by atoms with Gasteiger partial charge < -0.3 is 5.11 Å². The first-order valence-corrected chi connectivity index (χ1v) is 7.57. The molecule has 1 N–H and O–H groups in total. The predicted molar refractivity (Wildman–Crippen MR) is 79.7 cm³/mol. The van der Waals surface area contributed by atoms with Crippen molar-refractivity contribution >= 4 is 32.8 Å². The standard InChI is InChI=1S/C15H14OS2/c1-9-7-10(2)18-15(9)14(16)12-8-17-13-6-4-3-5-11(12)13/h3-8,14,16H,1-2H3. The Balaban J connectivity index is 2.12. The first-order valence-electron chi connectivity index (χ1n) is 5.88. The van der Waals surface area contributed by atoms with Crippen LogP contribution in [0.2, 0.25) is 0 Å².